The van der Waals surface area contributed by atoms with E-state index >= 15 is 0 Å². The second kappa shape index (κ2) is 6.41. The highest BCUT2D eigenvalue weighted by Gasteiger charge is 2.04. The maximum Gasteiger partial charge on any atom is 0.310 e. The van der Waals surface area contributed by atoms with E-state index in [1.807, 2.05) is 13.0 Å². The summed E-state index contributed by atoms with van der Waals surface area (Å²) in [5.41, 5.74) is 0. The average Bonchev–Trinajstić information content (AvgIpc) is 2.31. The zero-order chi connectivity index (χ0) is 10.2. The summed E-state index contributed by atoms with van der Waals surface area (Å²) in [5, 5.41) is 0. The van der Waals surface area contributed by atoms with Gasteiger partial charge in [0.25, 0.3) is 0 Å². The number of rotatable bonds is 2. The first-order chi connectivity index (χ1) is 6.83. The van der Waals surface area contributed by atoms with Gasteiger partial charge in [-0.2, -0.15) is 0 Å². The average molecular weight is 194 g/mol. The fourth-order valence-electron chi connectivity index (χ4n) is 1.38. The third-order valence-electron chi connectivity index (χ3n) is 2.20. The molecule has 0 bridgehead atoms. The molecule has 1 rings (SSSR count). The molecule has 0 radical (unpaired) electrons. The van der Waals surface area contributed by atoms with Gasteiger partial charge in [0.05, 0.1) is 0 Å². The molecule has 0 unspecified atom stereocenters. The largest absolute Gasteiger partial charge is 0.431 e. The highest BCUT2D eigenvalue weighted by molar-refractivity contribution is 5.70. The van der Waals surface area contributed by atoms with Crippen LogP contribution in [0.2, 0.25) is 0 Å². The van der Waals surface area contributed by atoms with Crippen molar-refractivity contribution >= 4 is 5.97 Å². The zero-order valence-corrected chi connectivity index (χ0v) is 8.79. The van der Waals surface area contributed by atoms with Crippen LogP contribution >= 0.6 is 0 Å². The van der Waals surface area contributed by atoms with Gasteiger partial charge in [0, 0.05) is 12.8 Å². The number of hydrogen-bond acceptors (Lipinski definition) is 2. The lowest BCUT2D eigenvalue weighted by molar-refractivity contribution is -0.139. The normalized spacial score (nSPS) is 23.6. The molecule has 1 aliphatic rings. The Morgan fingerprint density at radius 3 is 2.93 bits per heavy atom. The maximum absolute atomic E-state index is 11.1. The molecule has 0 spiro atoms. The molecule has 0 N–H and O–H groups in total. The number of hydrogen-bond donors (Lipinski definition) is 0. The van der Waals surface area contributed by atoms with Crippen LogP contribution in [0.3, 0.4) is 0 Å². The fourth-order valence-corrected chi connectivity index (χ4v) is 1.38. The lowest BCUT2D eigenvalue weighted by Gasteiger charge is -2.06. The summed E-state index contributed by atoms with van der Waals surface area (Å²) >= 11 is 0. The van der Waals surface area contributed by atoms with Gasteiger partial charge in [-0.25, -0.2) is 0 Å². The van der Waals surface area contributed by atoms with Crippen molar-refractivity contribution in [2.45, 2.75) is 45.4 Å². The highest BCUT2D eigenvalue weighted by atomic mass is 16.5. The summed E-state index contributed by atoms with van der Waals surface area (Å²) < 4.78 is 5.23. The SMILES string of the molecule is CCC(=O)O/C1=C/CC/C=C/CCC1. The lowest BCUT2D eigenvalue weighted by atomic mass is 10.2. The van der Waals surface area contributed by atoms with Crippen molar-refractivity contribution in [2.24, 2.45) is 0 Å². The molecule has 0 aromatic rings. The Morgan fingerprint density at radius 1 is 1.36 bits per heavy atom. The van der Waals surface area contributed by atoms with Crippen molar-refractivity contribution in [1.82, 2.24) is 0 Å². The molecule has 0 aliphatic heterocycles. The summed E-state index contributed by atoms with van der Waals surface area (Å²) in [6, 6.07) is 0. The lowest BCUT2D eigenvalue weighted by Crippen LogP contribution is -2.02. The van der Waals surface area contributed by atoms with Gasteiger partial charge in [-0.05, 0) is 31.8 Å². The molecule has 1 aliphatic carbocycles. The van der Waals surface area contributed by atoms with E-state index in [0.717, 1.165) is 37.9 Å². The van der Waals surface area contributed by atoms with E-state index in [-0.39, 0.29) is 5.97 Å². The second-order valence-electron chi connectivity index (χ2n) is 3.44. The van der Waals surface area contributed by atoms with Crippen LogP contribution in [0.15, 0.2) is 24.0 Å². The fraction of sp³-hybridized carbons (Fsp3) is 0.583. The van der Waals surface area contributed by atoms with Crippen LogP contribution in [0.4, 0.5) is 0 Å². The summed E-state index contributed by atoms with van der Waals surface area (Å²) in [6.07, 6.45) is 12.0. The maximum atomic E-state index is 11.1. The predicted molar refractivity (Wildman–Crippen MR) is 56.7 cm³/mol. The molecule has 0 aromatic heterocycles. The van der Waals surface area contributed by atoms with Gasteiger partial charge in [-0.3, -0.25) is 4.79 Å². The predicted octanol–water partition coefficient (Wildman–Crippen LogP) is 3.34. The summed E-state index contributed by atoms with van der Waals surface area (Å²) in [7, 11) is 0. The first kappa shape index (κ1) is 11.0. The van der Waals surface area contributed by atoms with Crippen LogP contribution in [0.5, 0.6) is 0 Å². The minimum absolute atomic E-state index is 0.122. The van der Waals surface area contributed by atoms with Crippen LogP contribution < -0.4 is 0 Å². The minimum atomic E-state index is -0.122. The molecule has 0 aromatic carbocycles. The van der Waals surface area contributed by atoms with E-state index in [1.54, 1.807) is 0 Å². The summed E-state index contributed by atoms with van der Waals surface area (Å²) in [5.74, 6) is 0.740. The molecule has 2 nitrogen and oxygen atoms in total. The van der Waals surface area contributed by atoms with Crippen LogP contribution in [-0.2, 0) is 9.53 Å². The molecule has 0 saturated heterocycles. The van der Waals surface area contributed by atoms with Crippen molar-refractivity contribution in [2.75, 3.05) is 0 Å². The van der Waals surface area contributed by atoms with Crippen LogP contribution in [0, 0.1) is 0 Å². The Hall–Kier alpha value is -1.05. The van der Waals surface area contributed by atoms with Gasteiger partial charge in [-0.15, -0.1) is 0 Å². The molecule has 14 heavy (non-hydrogen) atoms. The van der Waals surface area contributed by atoms with E-state index < -0.39 is 0 Å². The molecule has 0 saturated carbocycles. The Balaban J connectivity index is 2.45. The topological polar surface area (TPSA) is 26.3 Å². The van der Waals surface area contributed by atoms with Gasteiger partial charge >= 0.3 is 5.97 Å². The minimum Gasteiger partial charge on any atom is -0.431 e. The van der Waals surface area contributed by atoms with E-state index in [9.17, 15) is 4.79 Å². The van der Waals surface area contributed by atoms with Crippen molar-refractivity contribution in [3.05, 3.63) is 24.0 Å². The number of carbonyl (C=O) groups is 1. The molecule has 78 valence electrons. The van der Waals surface area contributed by atoms with E-state index in [2.05, 4.69) is 12.2 Å². The van der Waals surface area contributed by atoms with Gasteiger partial charge in [0.15, 0.2) is 0 Å². The molecule has 0 fully saturated rings. The van der Waals surface area contributed by atoms with E-state index in [4.69, 9.17) is 4.74 Å². The first-order valence-electron chi connectivity index (χ1n) is 5.37. The van der Waals surface area contributed by atoms with Gasteiger partial charge in [0.2, 0.25) is 0 Å². The van der Waals surface area contributed by atoms with E-state index in [0.29, 0.717) is 6.42 Å². The molecular weight excluding hydrogens is 176 g/mol. The van der Waals surface area contributed by atoms with Crippen molar-refractivity contribution in [1.29, 1.82) is 0 Å². The number of carbonyl (C=O) groups excluding carboxylic acids is 1. The quantitative estimate of drug-likeness (QED) is 0.497. The first-order valence-corrected chi connectivity index (χ1v) is 5.37. The van der Waals surface area contributed by atoms with Gasteiger partial charge in [0.1, 0.15) is 5.76 Å². The van der Waals surface area contributed by atoms with Gasteiger partial charge in [-0.1, -0.05) is 19.1 Å². The van der Waals surface area contributed by atoms with E-state index in [1.165, 1.54) is 0 Å². The Bertz CT molecular complexity index is 239. The third kappa shape index (κ3) is 4.26. The van der Waals surface area contributed by atoms with Crippen LogP contribution in [0.1, 0.15) is 45.4 Å². The molecule has 0 amide bonds. The van der Waals surface area contributed by atoms with Crippen molar-refractivity contribution in [3.8, 4) is 0 Å². The monoisotopic (exact) mass is 194 g/mol. The molecule has 0 heterocycles. The van der Waals surface area contributed by atoms with Crippen LogP contribution in [0.25, 0.3) is 0 Å². The molecular formula is C12H18O2. The Morgan fingerprint density at radius 2 is 2.14 bits per heavy atom. The second-order valence-corrected chi connectivity index (χ2v) is 3.44. The summed E-state index contributed by atoms with van der Waals surface area (Å²) in [6.45, 7) is 1.82. The Labute approximate surface area is 85.6 Å². The van der Waals surface area contributed by atoms with Crippen LogP contribution in [-0.4, -0.2) is 5.97 Å². The van der Waals surface area contributed by atoms with Crippen molar-refractivity contribution in [3.63, 3.8) is 0 Å². The highest BCUT2D eigenvalue weighted by Crippen LogP contribution is 2.14. The summed E-state index contributed by atoms with van der Waals surface area (Å²) in [4.78, 5) is 11.1. The standard InChI is InChI=1S/C12H18O2/c1-2-12(13)14-11-9-7-5-3-4-6-8-10-11/h3-4,9H,2,5-8,10H2,1H3/b4-3+,11-9+. The third-order valence-corrected chi connectivity index (χ3v) is 2.20. The zero-order valence-electron chi connectivity index (χ0n) is 8.79. The molecule has 2 heteroatoms. The number of allylic oxidation sites excluding steroid dienone is 4. The molecule has 0 atom stereocenters. The number of esters is 1. The Kier molecular flexibility index (Phi) is 5.05. The van der Waals surface area contributed by atoms with Crippen molar-refractivity contribution < 1.29 is 9.53 Å². The van der Waals surface area contributed by atoms with Gasteiger partial charge < -0.3 is 4.74 Å². The smallest absolute Gasteiger partial charge is 0.310 e. The number of ether oxygens (including phenoxy) is 1.